The number of aromatic nitrogens is 1. The summed E-state index contributed by atoms with van der Waals surface area (Å²) in [5.74, 6) is 0.00615. The molecule has 23 heavy (non-hydrogen) atoms. The maximum absolute atomic E-state index is 12.3. The first-order chi connectivity index (χ1) is 11.0. The summed E-state index contributed by atoms with van der Waals surface area (Å²) < 4.78 is 1.24. The Bertz CT molecular complexity index is 828. The van der Waals surface area contributed by atoms with Crippen molar-refractivity contribution in [3.05, 3.63) is 57.4 Å². The van der Waals surface area contributed by atoms with Crippen molar-refractivity contribution in [2.45, 2.75) is 27.3 Å². The first-order valence-electron chi connectivity index (χ1n) is 7.41. The van der Waals surface area contributed by atoms with Gasteiger partial charge in [0.15, 0.2) is 0 Å². The Hall–Kier alpha value is -2.87. The van der Waals surface area contributed by atoms with E-state index >= 15 is 0 Å². The molecule has 0 spiro atoms. The fourth-order valence-electron chi connectivity index (χ4n) is 2.31. The number of nitriles is 1. The van der Waals surface area contributed by atoms with E-state index in [1.165, 1.54) is 10.8 Å². The second kappa shape index (κ2) is 6.93. The summed E-state index contributed by atoms with van der Waals surface area (Å²) in [4.78, 5) is 16.7. The smallest absolute Gasteiger partial charge is 0.271 e. The lowest BCUT2D eigenvalue weighted by atomic mass is 10.1. The number of rotatable bonds is 4. The van der Waals surface area contributed by atoms with Crippen molar-refractivity contribution in [3.8, 4) is 11.9 Å². The zero-order valence-corrected chi connectivity index (χ0v) is 13.4. The number of hydrogen-bond donors (Lipinski definition) is 1. The molecule has 1 N–H and O–H groups in total. The van der Waals surface area contributed by atoms with Crippen LogP contribution in [-0.4, -0.2) is 15.9 Å². The van der Waals surface area contributed by atoms with Crippen molar-refractivity contribution in [1.29, 1.82) is 5.26 Å². The predicted octanol–water partition coefficient (Wildman–Crippen LogP) is 3.14. The molecule has 2 aromatic rings. The van der Waals surface area contributed by atoms with E-state index in [0.717, 1.165) is 5.69 Å². The molecule has 1 heterocycles. The number of aromatic hydroxyl groups is 1. The summed E-state index contributed by atoms with van der Waals surface area (Å²) in [6.45, 7) is 5.86. The fraction of sp³-hybridized carbons (Fsp3) is 0.278. The lowest BCUT2D eigenvalue weighted by molar-refractivity contribution is 0.381. The minimum atomic E-state index is -0.465. The number of nitrogens with zero attached hydrogens (tertiary/aromatic N) is 3. The second-order valence-corrected chi connectivity index (χ2v) is 5.75. The molecule has 118 valence electrons. The van der Waals surface area contributed by atoms with E-state index in [-0.39, 0.29) is 17.4 Å². The molecule has 5 nitrogen and oxygen atoms in total. The highest BCUT2D eigenvalue weighted by Gasteiger charge is 2.18. The molecule has 5 heteroatoms. The largest absolute Gasteiger partial charge is 0.494 e. The van der Waals surface area contributed by atoms with E-state index in [0.29, 0.717) is 17.7 Å². The average Bonchev–Trinajstić information content (AvgIpc) is 2.53. The molecule has 0 saturated heterocycles. The predicted molar refractivity (Wildman–Crippen MR) is 90.4 cm³/mol. The average molecular weight is 309 g/mol. The first-order valence-corrected chi connectivity index (χ1v) is 7.41. The minimum absolute atomic E-state index is 0.0398. The molecule has 0 radical (unpaired) electrons. The molecule has 1 aromatic carbocycles. The van der Waals surface area contributed by atoms with E-state index < -0.39 is 5.56 Å². The molecule has 0 amide bonds. The molecule has 2 rings (SSSR count). The van der Waals surface area contributed by atoms with Crippen LogP contribution >= 0.6 is 0 Å². The van der Waals surface area contributed by atoms with Crippen LogP contribution < -0.4 is 5.56 Å². The molecule has 0 aliphatic heterocycles. The highest BCUT2D eigenvalue weighted by atomic mass is 16.3. The Labute approximate surface area is 135 Å². The van der Waals surface area contributed by atoms with Crippen LogP contribution in [-0.2, 0) is 6.54 Å². The van der Waals surface area contributed by atoms with Crippen LogP contribution in [0, 0.1) is 24.2 Å². The maximum Gasteiger partial charge on any atom is 0.271 e. The van der Waals surface area contributed by atoms with Crippen LogP contribution in [0.15, 0.2) is 40.1 Å². The molecule has 0 unspecified atom stereocenters. The van der Waals surface area contributed by atoms with Gasteiger partial charge < -0.3 is 5.11 Å². The van der Waals surface area contributed by atoms with E-state index in [2.05, 4.69) is 4.99 Å². The lowest BCUT2D eigenvalue weighted by Gasteiger charge is -2.15. The second-order valence-electron chi connectivity index (χ2n) is 5.75. The Morgan fingerprint density at radius 1 is 1.35 bits per heavy atom. The lowest BCUT2D eigenvalue weighted by Crippen LogP contribution is -2.27. The number of aliphatic imine (C=N–C) groups is 1. The van der Waals surface area contributed by atoms with Crippen molar-refractivity contribution in [2.24, 2.45) is 10.9 Å². The standard InChI is InChI=1S/C18H19N3O2/c1-12(2)11-21-17(22)15(9-19)13(3)16(18(21)23)10-20-14-7-5-4-6-8-14/h4-8,10,12,23H,11H2,1-3H3. The summed E-state index contributed by atoms with van der Waals surface area (Å²) in [6, 6.07) is 11.2. The topological polar surface area (TPSA) is 78.4 Å². The highest BCUT2D eigenvalue weighted by Crippen LogP contribution is 2.22. The summed E-state index contributed by atoms with van der Waals surface area (Å²) in [7, 11) is 0. The molecular weight excluding hydrogens is 290 g/mol. The van der Waals surface area contributed by atoms with E-state index in [9.17, 15) is 15.2 Å². The molecule has 0 fully saturated rings. The van der Waals surface area contributed by atoms with Gasteiger partial charge in [-0.05, 0) is 30.5 Å². The monoisotopic (exact) mass is 309 g/mol. The molecule has 0 aliphatic carbocycles. The fourth-order valence-corrected chi connectivity index (χ4v) is 2.31. The third-order valence-corrected chi connectivity index (χ3v) is 3.49. The van der Waals surface area contributed by atoms with Crippen LogP contribution in [0.3, 0.4) is 0 Å². The van der Waals surface area contributed by atoms with E-state index in [4.69, 9.17) is 0 Å². The van der Waals surface area contributed by atoms with Crippen LogP contribution in [0.4, 0.5) is 5.69 Å². The zero-order chi connectivity index (χ0) is 17.0. The van der Waals surface area contributed by atoms with Crippen LogP contribution in [0.5, 0.6) is 5.88 Å². The molecule has 0 aliphatic rings. The molecule has 0 saturated carbocycles. The third kappa shape index (κ3) is 3.49. The van der Waals surface area contributed by atoms with Gasteiger partial charge in [-0.3, -0.25) is 14.4 Å². The number of benzene rings is 1. The zero-order valence-electron chi connectivity index (χ0n) is 13.4. The van der Waals surface area contributed by atoms with Gasteiger partial charge in [0.05, 0.1) is 11.3 Å². The van der Waals surface area contributed by atoms with Gasteiger partial charge in [0, 0.05) is 12.8 Å². The van der Waals surface area contributed by atoms with Gasteiger partial charge in [-0.2, -0.15) is 5.26 Å². The quantitative estimate of drug-likeness (QED) is 0.881. The van der Waals surface area contributed by atoms with Crippen LogP contribution in [0.25, 0.3) is 0 Å². The number of pyridine rings is 1. The Morgan fingerprint density at radius 3 is 2.57 bits per heavy atom. The maximum atomic E-state index is 12.3. The van der Waals surface area contributed by atoms with E-state index in [1.807, 2.05) is 50.2 Å². The Morgan fingerprint density at radius 2 is 2.00 bits per heavy atom. The van der Waals surface area contributed by atoms with Crippen molar-refractivity contribution in [3.63, 3.8) is 0 Å². The van der Waals surface area contributed by atoms with Gasteiger partial charge in [0.2, 0.25) is 5.88 Å². The van der Waals surface area contributed by atoms with Gasteiger partial charge >= 0.3 is 0 Å². The van der Waals surface area contributed by atoms with Crippen molar-refractivity contribution in [2.75, 3.05) is 0 Å². The molecular formula is C18H19N3O2. The first kappa shape index (κ1) is 16.5. The van der Waals surface area contributed by atoms with E-state index in [1.54, 1.807) is 6.92 Å². The van der Waals surface area contributed by atoms with Crippen molar-refractivity contribution < 1.29 is 5.11 Å². The summed E-state index contributed by atoms with van der Waals surface area (Å²) in [5.41, 5.74) is 1.14. The van der Waals surface area contributed by atoms with Gasteiger partial charge in [-0.15, -0.1) is 0 Å². The summed E-state index contributed by atoms with van der Waals surface area (Å²) in [6.07, 6.45) is 1.50. The van der Waals surface area contributed by atoms with Crippen molar-refractivity contribution in [1.82, 2.24) is 4.57 Å². The Kier molecular flexibility index (Phi) is 4.97. The minimum Gasteiger partial charge on any atom is -0.494 e. The third-order valence-electron chi connectivity index (χ3n) is 3.49. The van der Waals surface area contributed by atoms with Gasteiger partial charge in [-0.25, -0.2) is 0 Å². The molecule has 1 aromatic heterocycles. The van der Waals surface area contributed by atoms with Gasteiger partial charge in [0.25, 0.3) is 5.56 Å². The number of para-hydroxylation sites is 1. The van der Waals surface area contributed by atoms with Gasteiger partial charge in [-0.1, -0.05) is 32.0 Å². The van der Waals surface area contributed by atoms with Crippen LogP contribution in [0.2, 0.25) is 0 Å². The van der Waals surface area contributed by atoms with Gasteiger partial charge in [0.1, 0.15) is 11.6 Å². The van der Waals surface area contributed by atoms with Crippen molar-refractivity contribution >= 4 is 11.9 Å². The summed E-state index contributed by atoms with van der Waals surface area (Å²) in [5, 5.41) is 19.7. The number of hydrogen-bond acceptors (Lipinski definition) is 4. The summed E-state index contributed by atoms with van der Waals surface area (Å²) >= 11 is 0. The normalized spacial score (nSPS) is 11.1. The molecule has 0 bridgehead atoms. The highest BCUT2D eigenvalue weighted by molar-refractivity contribution is 5.87. The SMILES string of the molecule is Cc1c(C=Nc2ccccc2)c(O)n(CC(C)C)c(=O)c1C#N. The Balaban J connectivity index is 2.61. The van der Waals surface area contributed by atoms with Crippen LogP contribution in [0.1, 0.15) is 30.5 Å². The molecule has 0 atom stereocenters.